The van der Waals surface area contributed by atoms with Crippen LogP contribution < -0.4 is 18.9 Å². The minimum absolute atomic E-state index is 0.646. The fourth-order valence-corrected chi connectivity index (χ4v) is 4.15. The number of benzene rings is 2. The van der Waals surface area contributed by atoms with Crippen molar-refractivity contribution in [2.45, 2.75) is 13.1 Å². The molecular formula is C24H31BrN2O8. The van der Waals surface area contributed by atoms with Gasteiger partial charge in [-0.05, 0) is 24.3 Å². The first-order valence-electron chi connectivity index (χ1n) is 10.7. The minimum Gasteiger partial charge on any atom is -0.496 e. The van der Waals surface area contributed by atoms with E-state index in [2.05, 4.69) is 37.9 Å². The third-order valence-electron chi connectivity index (χ3n) is 5.46. The maximum Gasteiger partial charge on any atom is 0.414 e. The number of piperazine rings is 1. The Morgan fingerprint density at radius 3 is 1.69 bits per heavy atom. The molecule has 0 aromatic heterocycles. The molecule has 1 aliphatic rings. The normalized spacial score (nSPS) is 13.9. The van der Waals surface area contributed by atoms with E-state index in [-0.39, 0.29) is 0 Å². The highest BCUT2D eigenvalue weighted by atomic mass is 79.9. The van der Waals surface area contributed by atoms with Crippen LogP contribution in [0.3, 0.4) is 0 Å². The van der Waals surface area contributed by atoms with Gasteiger partial charge in [0, 0.05) is 54.9 Å². The molecule has 0 unspecified atom stereocenters. The summed E-state index contributed by atoms with van der Waals surface area (Å²) in [4.78, 5) is 23.1. The van der Waals surface area contributed by atoms with Crippen molar-refractivity contribution in [2.24, 2.45) is 0 Å². The molecule has 1 fully saturated rings. The number of methoxy groups -OCH3 is 4. The number of carbonyl (C=O) groups is 2. The van der Waals surface area contributed by atoms with Crippen LogP contribution in [0.25, 0.3) is 0 Å². The second-order valence-electron chi connectivity index (χ2n) is 7.61. The summed E-state index contributed by atoms with van der Waals surface area (Å²) in [5, 5.41) is 14.8. The number of nitrogens with zero attached hydrogens (tertiary/aromatic N) is 2. The minimum atomic E-state index is -1.82. The van der Waals surface area contributed by atoms with E-state index in [4.69, 9.17) is 38.7 Å². The van der Waals surface area contributed by atoms with E-state index >= 15 is 0 Å². The van der Waals surface area contributed by atoms with E-state index < -0.39 is 11.9 Å². The lowest BCUT2D eigenvalue weighted by atomic mass is 10.1. The second-order valence-corrected chi connectivity index (χ2v) is 8.53. The predicted octanol–water partition coefficient (Wildman–Crippen LogP) is 2.96. The molecule has 0 atom stereocenters. The van der Waals surface area contributed by atoms with Crippen LogP contribution in [0.1, 0.15) is 11.1 Å². The highest BCUT2D eigenvalue weighted by Gasteiger charge is 2.22. The van der Waals surface area contributed by atoms with Crippen molar-refractivity contribution in [2.75, 3.05) is 54.6 Å². The van der Waals surface area contributed by atoms with Gasteiger partial charge in [-0.2, -0.15) is 0 Å². The fourth-order valence-electron chi connectivity index (χ4n) is 3.75. The van der Waals surface area contributed by atoms with Crippen molar-refractivity contribution < 1.29 is 38.7 Å². The summed E-state index contributed by atoms with van der Waals surface area (Å²) in [6.07, 6.45) is 0. The zero-order valence-electron chi connectivity index (χ0n) is 20.2. The molecule has 0 aliphatic carbocycles. The first-order chi connectivity index (χ1) is 16.7. The standard InChI is InChI=1S/C22H29BrN2O4.C2H2O4/c1-26-19-8-6-18(23)13-17(19)15-25-11-9-24(10-12-25)14-16-5-7-20(27-2)22(29-4)21(16)28-3;3-1(4)2(5)6/h5-8,13H,9-12,14-15H2,1-4H3;(H,3,4)(H,5,6). The zero-order valence-corrected chi connectivity index (χ0v) is 21.8. The van der Waals surface area contributed by atoms with E-state index in [1.807, 2.05) is 18.2 Å². The lowest BCUT2D eigenvalue weighted by molar-refractivity contribution is -0.159. The van der Waals surface area contributed by atoms with Crippen molar-refractivity contribution in [3.8, 4) is 23.0 Å². The number of hydrogen-bond acceptors (Lipinski definition) is 8. The third kappa shape index (κ3) is 8.01. The van der Waals surface area contributed by atoms with Crippen LogP contribution in [0.15, 0.2) is 34.8 Å². The van der Waals surface area contributed by atoms with Gasteiger partial charge >= 0.3 is 11.9 Å². The topological polar surface area (TPSA) is 118 Å². The molecule has 2 aromatic rings. The number of carboxylic acids is 2. The zero-order chi connectivity index (χ0) is 26.0. The first kappa shape index (κ1) is 28.2. The molecule has 0 amide bonds. The van der Waals surface area contributed by atoms with Crippen LogP contribution in [0.4, 0.5) is 0 Å². The molecule has 0 saturated carbocycles. The van der Waals surface area contributed by atoms with E-state index in [0.29, 0.717) is 11.5 Å². The van der Waals surface area contributed by atoms with Crippen LogP contribution in [0, 0.1) is 0 Å². The van der Waals surface area contributed by atoms with Gasteiger partial charge < -0.3 is 29.2 Å². The van der Waals surface area contributed by atoms with Gasteiger partial charge in [0.1, 0.15) is 5.75 Å². The lowest BCUT2D eigenvalue weighted by Gasteiger charge is -2.35. The summed E-state index contributed by atoms with van der Waals surface area (Å²) in [6.45, 7) is 5.70. The molecule has 0 bridgehead atoms. The average Bonchev–Trinajstić information content (AvgIpc) is 2.85. The van der Waals surface area contributed by atoms with Gasteiger partial charge in [-0.3, -0.25) is 9.80 Å². The largest absolute Gasteiger partial charge is 0.496 e. The Balaban J connectivity index is 0.000000641. The molecule has 1 aliphatic heterocycles. The fraction of sp³-hybridized carbons (Fsp3) is 0.417. The van der Waals surface area contributed by atoms with Crippen LogP contribution in [-0.4, -0.2) is 86.6 Å². The number of hydrogen-bond donors (Lipinski definition) is 2. The Kier molecular flexibility index (Phi) is 11.1. The predicted molar refractivity (Wildman–Crippen MR) is 133 cm³/mol. The van der Waals surface area contributed by atoms with Gasteiger partial charge in [-0.1, -0.05) is 22.0 Å². The quantitative estimate of drug-likeness (QED) is 0.471. The molecule has 2 N–H and O–H groups in total. The van der Waals surface area contributed by atoms with Crippen molar-refractivity contribution in [1.82, 2.24) is 9.80 Å². The molecule has 1 heterocycles. The number of aliphatic carboxylic acids is 2. The Hall–Kier alpha value is -3.02. The lowest BCUT2D eigenvalue weighted by Crippen LogP contribution is -2.45. The summed E-state index contributed by atoms with van der Waals surface area (Å²) < 4.78 is 23.1. The summed E-state index contributed by atoms with van der Waals surface area (Å²) in [7, 11) is 6.67. The molecule has 0 spiro atoms. The molecule has 10 nitrogen and oxygen atoms in total. The van der Waals surface area contributed by atoms with Crippen molar-refractivity contribution in [1.29, 1.82) is 0 Å². The number of ether oxygens (including phenoxy) is 4. The van der Waals surface area contributed by atoms with Gasteiger partial charge in [-0.15, -0.1) is 0 Å². The molecular weight excluding hydrogens is 524 g/mol. The first-order valence-corrected chi connectivity index (χ1v) is 11.5. The number of carboxylic acid groups (broad SMARTS) is 2. The van der Waals surface area contributed by atoms with Crippen molar-refractivity contribution in [3.05, 3.63) is 45.9 Å². The molecule has 192 valence electrons. The van der Waals surface area contributed by atoms with E-state index in [1.54, 1.807) is 28.4 Å². The SMILES string of the molecule is COc1ccc(Br)cc1CN1CCN(Cc2ccc(OC)c(OC)c2OC)CC1.O=C(O)C(=O)O. The molecule has 1 saturated heterocycles. The van der Waals surface area contributed by atoms with E-state index in [0.717, 1.165) is 60.8 Å². The van der Waals surface area contributed by atoms with E-state index in [1.165, 1.54) is 5.56 Å². The smallest absolute Gasteiger partial charge is 0.414 e. The number of rotatable bonds is 8. The van der Waals surface area contributed by atoms with Gasteiger partial charge in [0.05, 0.1) is 28.4 Å². The van der Waals surface area contributed by atoms with Crippen LogP contribution >= 0.6 is 15.9 Å². The van der Waals surface area contributed by atoms with Crippen LogP contribution in [0.2, 0.25) is 0 Å². The van der Waals surface area contributed by atoms with Gasteiger partial charge in [-0.25, -0.2) is 9.59 Å². The molecule has 3 rings (SSSR count). The highest BCUT2D eigenvalue weighted by Crippen LogP contribution is 2.40. The average molecular weight is 555 g/mol. The van der Waals surface area contributed by atoms with Crippen molar-refractivity contribution >= 4 is 27.9 Å². The van der Waals surface area contributed by atoms with Crippen LogP contribution in [0.5, 0.6) is 23.0 Å². The van der Waals surface area contributed by atoms with E-state index in [9.17, 15) is 0 Å². The Labute approximate surface area is 213 Å². The van der Waals surface area contributed by atoms with Gasteiger partial charge in [0.15, 0.2) is 11.5 Å². The molecule has 2 aromatic carbocycles. The Bertz CT molecular complexity index is 997. The van der Waals surface area contributed by atoms with Crippen molar-refractivity contribution in [3.63, 3.8) is 0 Å². The summed E-state index contributed by atoms with van der Waals surface area (Å²) in [6, 6.07) is 10.2. The highest BCUT2D eigenvalue weighted by molar-refractivity contribution is 9.10. The summed E-state index contributed by atoms with van der Waals surface area (Å²) in [5.41, 5.74) is 2.31. The second kappa shape index (κ2) is 13.8. The Morgan fingerprint density at radius 2 is 1.23 bits per heavy atom. The van der Waals surface area contributed by atoms with Gasteiger partial charge in [0.2, 0.25) is 5.75 Å². The maximum absolute atomic E-state index is 9.10. The number of halogens is 1. The summed E-state index contributed by atoms with van der Waals surface area (Å²) in [5.74, 6) is -0.641. The molecule has 35 heavy (non-hydrogen) atoms. The van der Waals surface area contributed by atoms with Gasteiger partial charge in [0.25, 0.3) is 0 Å². The molecule has 11 heteroatoms. The van der Waals surface area contributed by atoms with Crippen LogP contribution in [-0.2, 0) is 22.7 Å². The monoisotopic (exact) mass is 554 g/mol. The maximum atomic E-state index is 9.10. The third-order valence-corrected chi connectivity index (χ3v) is 5.96. The summed E-state index contributed by atoms with van der Waals surface area (Å²) >= 11 is 3.56. The Morgan fingerprint density at radius 1 is 0.743 bits per heavy atom. The molecule has 0 radical (unpaired) electrons.